The van der Waals surface area contributed by atoms with Gasteiger partial charge in [-0.1, -0.05) is 39.1 Å². The monoisotopic (exact) mass is 317 g/mol. The summed E-state index contributed by atoms with van der Waals surface area (Å²) in [6.07, 6.45) is -3.11. The largest absolute Gasteiger partial charge is 0.319 e. The van der Waals surface area contributed by atoms with Crippen molar-refractivity contribution in [1.82, 2.24) is 0 Å². The van der Waals surface area contributed by atoms with Crippen LogP contribution in [0.25, 0.3) is 0 Å². The van der Waals surface area contributed by atoms with Crippen molar-refractivity contribution in [3.8, 4) is 0 Å². The zero-order valence-corrected chi connectivity index (χ0v) is 10.1. The van der Waals surface area contributed by atoms with Gasteiger partial charge in [-0.25, -0.2) is 0 Å². The summed E-state index contributed by atoms with van der Waals surface area (Å²) in [5.41, 5.74) is -0.0215. The first-order chi connectivity index (χ1) is 6.91. The lowest BCUT2D eigenvalue weighted by atomic mass is 10.3. The molecule has 15 heavy (non-hydrogen) atoms. The summed E-state index contributed by atoms with van der Waals surface area (Å²) in [6.45, 7) is 0. The van der Waals surface area contributed by atoms with Gasteiger partial charge in [0.1, 0.15) is 0 Å². The fourth-order valence-electron chi connectivity index (χ4n) is 0.839. The number of benzene rings is 1. The molecule has 0 bridgehead atoms. The van der Waals surface area contributed by atoms with Gasteiger partial charge in [0.25, 0.3) is 5.91 Å². The Balaban J connectivity index is 3.00. The van der Waals surface area contributed by atoms with Crippen LogP contribution in [0.5, 0.6) is 0 Å². The van der Waals surface area contributed by atoms with E-state index in [1.807, 2.05) is 5.32 Å². The second-order valence-electron chi connectivity index (χ2n) is 2.53. The zero-order valence-electron chi connectivity index (χ0n) is 7.03. The number of hydrogen-bond acceptors (Lipinski definition) is 1. The third-order valence-electron chi connectivity index (χ3n) is 1.45. The van der Waals surface area contributed by atoms with E-state index in [4.69, 9.17) is 23.2 Å². The van der Waals surface area contributed by atoms with E-state index in [2.05, 4.69) is 15.9 Å². The van der Waals surface area contributed by atoms with Gasteiger partial charge in [-0.05, 0) is 12.1 Å². The molecule has 0 aromatic heterocycles. The van der Waals surface area contributed by atoms with Gasteiger partial charge in [-0.2, -0.15) is 8.78 Å². The fourth-order valence-corrected chi connectivity index (χ4v) is 2.14. The summed E-state index contributed by atoms with van der Waals surface area (Å²) in [5.74, 6) is -1.44. The van der Waals surface area contributed by atoms with E-state index in [-0.39, 0.29) is 15.7 Å². The van der Waals surface area contributed by atoms with E-state index in [1.54, 1.807) is 0 Å². The van der Waals surface area contributed by atoms with Crippen LogP contribution in [0.1, 0.15) is 0 Å². The van der Waals surface area contributed by atoms with Crippen molar-refractivity contribution < 1.29 is 13.6 Å². The zero-order chi connectivity index (χ0) is 11.6. The van der Waals surface area contributed by atoms with Gasteiger partial charge in [0.2, 0.25) is 0 Å². The predicted octanol–water partition coefficient (Wildman–Crippen LogP) is 3.96. The van der Waals surface area contributed by atoms with Gasteiger partial charge < -0.3 is 5.32 Å². The number of carbonyl (C=O) groups is 1. The van der Waals surface area contributed by atoms with Gasteiger partial charge in [0.15, 0.2) is 0 Å². The molecule has 1 N–H and O–H groups in total. The van der Waals surface area contributed by atoms with Crippen molar-refractivity contribution in [2.45, 2.75) is 6.43 Å². The molecular formula is C8H4BrCl2F2NO. The lowest BCUT2D eigenvalue weighted by Crippen LogP contribution is -2.20. The molecule has 1 aromatic rings. The number of rotatable bonds is 2. The van der Waals surface area contributed by atoms with Crippen LogP contribution in [0.15, 0.2) is 16.6 Å². The highest BCUT2D eigenvalue weighted by atomic mass is 79.9. The minimum atomic E-state index is -3.11. The number of nitrogens with one attached hydrogen (secondary N) is 1. The molecule has 7 heteroatoms. The Morgan fingerprint density at radius 2 is 1.80 bits per heavy atom. The molecule has 0 atom stereocenters. The molecule has 0 spiro atoms. The van der Waals surface area contributed by atoms with Gasteiger partial charge in [-0.3, -0.25) is 4.79 Å². The Kier molecular flexibility index (Phi) is 4.31. The quantitative estimate of drug-likeness (QED) is 0.878. The summed E-state index contributed by atoms with van der Waals surface area (Å²) < 4.78 is 24.5. The summed E-state index contributed by atoms with van der Waals surface area (Å²) in [6, 6.07) is 2.88. The Morgan fingerprint density at radius 3 is 2.20 bits per heavy atom. The molecule has 0 aliphatic rings. The molecule has 0 saturated carbocycles. The van der Waals surface area contributed by atoms with E-state index in [0.29, 0.717) is 4.47 Å². The number of alkyl halides is 2. The highest BCUT2D eigenvalue weighted by Crippen LogP contribution is 2.33. The van der Waals surface area contributed by atoms with Gasteiger partial charge in [0.05, 0.1) is 15.7 Å². The SMILES string of the molecule is O=C(Nc1c(Cl)cc(Br)cc1Cl)C(F)F. The maximum atomic E-state index is 11.9. The first-order valence-corrected chi connectivity index (χ1v) is 5.20. The topological polar surface area (TPSA) is 29.1 Å². The molecule has 0 radical (unpaired) electrons. The van der Waals surface area contributed by atoms with Crippen LogP contribution in [0.3, 0.4) is 0 Å². The van der Waals surface area contributed by atoms with Crippen molar-refractivity contribution in [3.63, 3.8) is 0 Å². The highest BCUT2D eigenvalue weighted by Gasteiger charge is 2.18. The maximum Gasteiger partial charge on any atom is 0.315 e. The Labute approximate surface area is 103 Å². The smallest absolute Gasteiger partial charge is 0.315 e. The predicted molar refractivity (Wildman–Crippen MR) is 58.8 cm³/mol. The standard InChI is InChI=1S/C8H4BrCl2F2NO/c9-3-1-4(10)6(5(11)2-3)14-8(15)7(12)13/h1-2,7H,(H,14,15). The minimum absolute atomic E-state index is 0.0215. The third-order valence-corrected chi connectivity index (χ3v) is 2.51. The molecule has 0 fully saturated rings. The highest BCUT2D eigenvalue weighted by molar-refractivity contribution is 9.10. The third kappa shape index (κ3) is 3.29. The Bertz CT molecular complexity index is 377. The molecule has 1 rings (SSSR count). The van der Waals surface area contributed by atoms with Crippen LogP contribution in [0.2, 0.25) is 10.0 Å². The van der Waals surface area contributed by atoms with Gasteiger partial charge >= 0.3 is 6.43 Å². The van der Waals surface area contributed by atoms with Crippen LogP contribution in [-0.4, -0.2) is 12.3 Å². The minimum Gasteiger partial charge on any atom is -0.319 e. The average molecular weight is 319 g/mol. The molecule has 0 saturated heterocycles. The first-order valence-electron chi connectivity index (χ1n) is 3.65. The van der Waals surface area contributed by atoms with E-state index in [1.165, 1.54) is 12.1 Å². The summed E-state index contributed by atoms with van der Waals surface area (Å²) >= 11 is 14.5. The number of carbonyl (C=O) groups excluding carboxylic acids is 1. The molecular weight excluding hydrogens is 315 g/mol. The number of halogens is 5. The molecule has 0 unspecified atom stereocenters. The van der Waals surface area contributed by atoms with Crippen LogP contribution in [0, 0.1) is 0 Å². The van der Waals surface area contributed by atoms with Crippen LogP contribution < -0.4 is 5.32 Å². The molecule has 2 nitrogen and oxygen atoms in total. The van der Waals surface area contributed by atoms with Gasteiger partial charge in [0, 0.05) is 4.47 Å². The molecule has 82 valence electrons. The Morgan fingerprint density at radius 1 is 1.33 bits per heavy atom. The maximum absolute atomic E-state index is 11.9. The van der Waals surface area contributed by atoms with Crippen LogP contribution in [0.4, 0.5) is 14.5 Å². The lowest BCUT2D eigenvalue weighted by molar-refractivity contribution is -0.126. The van der Waals surface area contributed by atoms with E-state index in [9.17, 15) is 13.6 Å². The molecule has 0 aliphatic carbocycles. The average Bonchev–Trinajstić information content (AvgIpc) is 2.10. The fraction of sp³-hybridized carbons (Fsp3) is 0.125. The van der Waals surface area contributed by atoms with E-state index < -0.39 is 12.3 Å². The molecule has 1 aromatic carbocycles. The Hall–Kier alpha value is -0.390. The van der Waals surface area contributed by atoms with Crippen LogP contribution >= 0.6 is 39.1 Å². The van der Waals surface area contributed by atoms with Crippen molar-refractivity contribution in [1.29, 1.82) is 0 Å². The molecule has 1 amide bonds. The number of hydrogen-bond donors (Lipinski definition) is 1. The van der Waals surface area contributed by atoms with Crippen molar-refractivity contribution >= 4 is 50.7 Å². The van der Waals surface area contributed by atoms with Gasteiger partial charge in [-0.15, -0.1) is 0 Å². The van der Waals surface area contributed by atoms with E-state index in [0.717, 1.165) is 0 Å². The number of anilines is 1. The lowest BCUT2D eigenvalue weighted by Gasteiger charge is -2.09. The second kappa shape index (κ2) is 5.09. The first kappa shape index (κ1) is 12.7. The second-order valence-corrected chi connectivity index (χ2v) is 4.26. The van der Waals surface area contributed by atoms with Crippen molar-refractivity contribution in [2.24, 2.45) is 0 Å². The van der Waals surface area contributed by atoms with E-state index >= 15 is 0 Å². The summed E-state index contributed by atoms with van der Waals surface area (Å²) in [4.78, 5) is 10.7. The van der Waals surface area contributed by atoms with Crippen LogP contribution in [-0.2, 0) is 4.79 Å². The molecule has 0 heterocycles. The van der Waals surface area contributed by atoms with Crippen molar-refractivity contribution in [2.75, 3.05) is 5.32 Å². The summed E-state index contributed by atoms with van der Waals surface area (Å²) in [7, 11) is 0. The van der Waals surface area contributed by atoms with Crippen molar-refractivity contribution in [3.05, 3.63) is 26.7 Å². The number of amides is 1. The summed E-state index contributed by atoms with van der Waals surface area (Å²) in [5, 5.41) is 2.10. The molecule has 0 aliphatic heterocycles. The normalized spacial score (nSPS) is 10.5.